The van der Waals surface area contributed by atoms with Gasteiger partial charge >= 0.3 is 0 Å². The molecular weight excluding hydrogens is 272 g/mol. The van der Waals surface area contributed by atoms with Crippen molar-refractivity contribution in [3.8, 4) is 5.75 Å². The molecule has 0 unspecified atom stereocenters. The van der Waals surface area contributed by atoms with Crippen molar-refractivity contribution in [1.29, 1.82) is 0 Å². The van der Waals surface area contributed by atoms with Crippen LogP contribution < -0.4 is 15.0 Å². The number of anilines is 2. The van der Waals surface area contributed by atoms with Gasteiger partial charge in [-0.2, -0.15) is 0 Å². The Morgan fingerprint density at radius 3 is 2.81 bits per heavy atom. The van der Waals surface area contributed by atoms with Crippen molar-refractivity contribution >= 4 is 23.2 Å². The van der Waals surface area contributed by atoms with Gasteiger partial charge in [-0.25, -0.2) is 0 Å². The molecule has 0 spiro atoms. The van der Waals surface area contributed by atoms with Gasteiger partial charge < -0.3 is 19.7 Å². The Hall–Kier alpha value is -2.08. The number of ether oxygens (including phenoxy) is 2. The van der Waals surface area contributed by atoms with E-state index in [1.807, 2.05) is 0 Å². The van der Waals surface area contributed by atoms with Crippen LogP contribution in [-0.4, -0.2) is 39.2 Å². The average Bonchev–Trinajstić information content (AvgIpc) is 2.48. The van der Waals surface area contributed by atoms with Crippen LogP contribution in [0.2, 0.25) is 0 Å². The summed E-state index contributed by atoms with van der Waals surface area (Å²) in [5.41, 5.74) is 1.31. The fourth-order valence-corrected chi connectivity index (χ4v) is 2.37. The van der Waals surface area contributed by atoms with E-state index in [4.69, 9.17) is 9.47 Å². The lowest BCUT2D eigenvalue weighted by Crippen LogP contribution is -2.35. The maximum absolute atomic E-state index is 12.1. The SMILES string of the molecule is COCC(=O)Nc1ccc(OC)c(N2CCCCC2=O)c1. The smallest absolute Gasteiger partial charge is 0.250 e. The molecule has 1 saturated heterocycles. The van der Waals surface area contributed by atoms with Crippen LogP contribution in [0, 0.1) is 0 Å². The highest BCUT2D eigenvalue weighted by molar-refractivity contribution is 5.97. The summed E-state index contributed by atoms with van der Waals surface area (Å²) >= 11 is 0. The van der Waals surface area contributed by atoms with Gasteiger partial charge in [-0.15, -0.1) is 0 Å². The number of carbonyl (C=O) groups is 2. The molecular formula is C15H20N2O4. The summed E-state index contributed by atoms with van der Waals surface area (Å²) in [5, 5.41) is 2.73. The number of carbonyl (C=O) groups excluding carboxylic acids is 2. The van der Waals surface area contributed by atoms with Crippen LogP contribution in [0.3, 0.4) is 0 Å². The van der Waals surface area contributed by atoms with Gasteiger partial charge in [0.2, 0.25) is 11.8 Å². The molecule has 1 aliphatic rings. The summed E-state index contributed by atoms with van der Waals surface area (Å²) in [4.78, 5) is 25.3. The molecule has 1 aliphatic heterocycles. The molecule has 0 aromatic heterocycles. The Bertz CT molecular complexity index is 530. The first kappa shape index (κ1) is 15.3. The molecule has 114 valence electrons. The van der Waals surface area contributed by atoms with Gasteiger partial charge in [0.1, 0.15) is 12.4 Å². The molecule has 1 aromatic carbocycles. The van der Waals surface area contributed by atoms with Crippen molar-refractivity contribution in [3.05, 3.63) is 18.2 Å². The van der Waals surface area contributed by atoms with Gasteiger partial charge in [0, 0.05) is 25.8 Å². The Balaban J connectivity index is 2.25. The van der Waals surface area contributed by atoms with Gasteiger partial charge in [-0.05, 0) is 31.0 Å². The van der Waals surface area contributed by atoms with Crippen molar-refractivity contribution in [3.63, 3.8) is 0 Å². The van der Waals surface area contributed by atoms with E-state index in [2.05, 4.69) is 5.32 Å². The van der Waals surface area contributed by atoms with Crippen LogP contribution in [0.15, 0.2) is 18.2 Å². The zero-order valence-electron chi connectivity index (χ0n) is 12.3. The van der Waals surface area contributed by atoms with Gasteiger partial charge in [0.25, 0.3) is 0 Å². The summed E-state index contributed by atoms with van der Waals surface area (Å²) in [6.07, 6.45) is 2.43. The standard InChI is InChI=1S/C15H20N2O4/c1-20-10-14(18)16-11-6-7-13(21-2)12(9-11)17-8-4-3-5-15(17)19/h6-7,9H,3-5,8,10H2,1-2H3,(H,16,18). The molecule has 0 saturated carbocycles. The first-order chi connectivity index (χ1) is 10.2. The van der Waals surface area contributed by atoms with Crippen molar-refractivity contribution in [2.75, 3.05) is 37.6 Å². The molecule has 21 heavy (non-hydrogen) atoms. The van der Waals surface area contributed by atoms with Crippen LogP contribution in [0.4, 0.5) is 11.4 Å². The van der Waals surface area contributed by atoms with E-state index in [-0.39, 0.29) is 18.4 Å². The largest absolute Gasteiger partial charge is 0.495 e. The predicted octanol–water partition coefficient (Wildman–Crippen LogP) is 1.80. The lowest BCUT2D eigenvalue weighted by atomic mass is 10.1. The molecule has 0 aliphatic carbocycles. The van der Waals surface area contributed by atoms with E-state index in [0.717, 1.165) is 12.8 Å². The van der Waals surface area contributed by atoms with E-state index in [1.54, 1.807) is 30.2 Å². The second kappa shape index (κ2) is 7.08. The second-order valence-electron chi connectivity index (χ2n) is 4.87. The van der Waals surface area contributed by atoms with Gasteiger partial charge in [0.05, 0.1) is 12.8 Å². The highest BCUT2D eigenvalue weighted by Gasteiger charge is 2.23. The van der Waals surface area contributed by atoms with Crippen LogP contribution >= 0.6 is 0 Å². The Kier molecular flexibility index (Phi) is 5.16. The number of rotatable bonds is 5. The molecule has 1 heterocycles. The number of nitrogens with one attached hydrogen (secondary N) is 1. The molecule has 1 aromatic rings. The monoisotopic (exact) mass is 292 g/mol. The molecule has 0 atom stereocenters. The van der Waals surface area contributed by atoms with Crippen molar-refractivity contribution < 1.29 is 19.1 Å². The second-order valence-corrected chi connectivity index (χ2v) is 4.87. The summed E-state index contributed by atoms with van der Waals surface area (Å²) < 4.78 is 10.1. The Labute approximate surface area is 124 Å². The molecule has 0 bridgehead atoms. The number of piperidine rings is 1. The number of benzene rings is 1. The summed E-state index contributed by atoms with van der Waals surface area (Å²) in [5.74, 6) is 0.466. The van der Waals surface area contributed by atoms with Gasteiger partial charge in [-0.3, -0.25) is 9.59 Å². The van der Waals surface area contributed by atoms with Gasteiger partial charge in [-0.1, -0.05) is 0 Å². The molecule has 2 amide bonds. The van der Waals surface area contributed by atoms with E-state index >= 15 is 0 Å². The minimum atomic E-state index is -0.237. The van der Waals surface area contributed by atoms with Crippen LogP contribution in [-0.2, 0) is 14.3 Å². The van der Waals surface area contributed by atoms with Gasteiger partial charge in [0.15, 0.2) is 0 Å². The highest BCUT2D eigenvalue weighted by atomic mass is 16.5. The fourth-order valence-electron chi connectivity index (χ4n) is 2.37. The topological polar surface area (TPSA) is 67.9 Å². The van der Waals surface area contributed by atoms with E-state index in [0.29, 0.717) is 30.1 Å². The maximum atomic E-state index is 12.1. The van der Waals surface area contributed by atoms with Crippen molar-refractivity contribution in [2.24, 2.45) is 0 Å². The number of methoxy groups -OCH3 is 2. The normalized spacial score (nSPS) is 15.0. The van der Waals surface area contributed by atoms with E-state index < -0.39 is 0 Å². The third-order valence-corrected chi connectivity index (χ3v) is 3.35. The summed E-state index contributed by atoms with van der Waals surface area (Å²) in [6, 6.07) is 5.25. The van der Waals surface area contributed by atoms with Crippen molar-refractivity contribution in [1.82, 2.24) is 0 Å². The first-order valence-corrected chi connectivity index (χ1v) is 6.93. The van der Waals surface area contributed by atoms with E-state index in [9.17, 15) is 9.59 Å². The first-order valence-electron chi connectivity index (χ1n) is 6.93. The number of hydrogen-bond donors (Lipinski definition) is 1. The fraction of sp³-hybridized carbons (Fsp3) is 0.467. The van der Waals surface area contributed by atoms with Crippen LogP contribution in [0.25, 0.3) is 0 Å². The molecule has 0 radical (unpaired) electrons. The Morgan fingerprint density at radius 1 is 1.33 bits per heavy atom. The average molecular weight is 292 g/mol. The lowest BCUT2D eigenvalue weighted by Gasteiger charge is -2.28. The minimum Gasteiger partial charge on any atom is -0.495 e. The molecule has 2 rings (SSSR count). The van der Waals surface area contributed by atoms with E-state index in [1.165, 1.54) is 7.11 Å². The number of nitrogens with zero attached hydrogens (tertiary/aromatic N) is 1. The number of amides is 2. The molecule has 6 heteroatoms. The molecule has 1 N–H and O–H groups in total. The minimum absolute atomic E-state index is 0.00991. The predicted molar refractivity (Wildman–Crippen MR) is 79.7 cm³/mol. The Morgan fingerprint density at radius 2 is 2.14 bits per heavy atom. The molecule has 1 fully saturated rings. The lowest BCUT2D eigenvalue weighted by molar-refractivity contribution is -0.120. The number of hydrogen-bond acceptors (Lipinski definition) is 4. The molecule has 6 nitrogen and oxygen atoms in total. The summed E-state index contributed by atoms with van der Waals surface area (Å²) in [7, 11) is 3.03. The highest BCUT2D eigenvalue weighted by Crippen LogP contribution is 2.33. The van der Waals surface area contributed by atoms with Crippen molar-refractivity contribution in [2.45, 2.75) is 19.3 Å². The summed E-state index contributed by atoms with van der Waals surface area (Å²) in [6.45, 7) is 0.661. The van der Waals surface area contributed by atoms with Crippen LogP contribution in [0.5, 0.6) is 5.75 Å². The van der Waals surface area contributed by atoms with Crippen LogP contribution in [0.1, 0.15) is 19.3 Å². The zero-order valence-corrected chi connectivity index (χ0v) is 12.3. The maximum Gasteiger partial charge on any atom is 0.250 e. The third-order valence-electron chi connectivity index (χ3n) is 3.35. The zero-order chi connectivity index (χ0) is 15.2. The quantitative estimate of drug-likeness (QED) is 0.898. The third kappa shape index (κ3) is 3.72.